The summed E-state index contributed by atoms with van der Waals surface area (Å²) >= 11 is 0. The van der Waals surface area contributed by atoms with Crippen molar-refractivity contribution in [3.63, 3.8) is 0 Å². The van der Waals surface area contributed by atoms with Gasteiger partial charge in [0.15, 0.2) is 0 Å². The molecule has 2 unspecified atom stereocenters. The van der Waals surface area contributed by atoms with Gasteiger partial charge in [0.05, 0.1) is 16.4 Å². The standard InChI is InChI=1S/C15H21N3O4/c1-15(2,11-3-5-12(6-4-11)18(21)22)14(20)17-8-10-7-16-9-13(10)19/h3-6,10,13,16,19H,7-9H2,1-2H3,(H,17,20). The zero-order chi connectivity index (χ0) is 16.3. The molecule has 2 rings (SSSR count). The summed E-state index contributed by atoms with van der Waals surface area (Å²) in [5.41, 5.74) is -0.0904. The lowest BCUT2D eigenvalue weighted by atomic mass is 9.83. The summed E-state index contributed by atoms with van der Waals surface area (Å²) < 4.78 is 0. The van der Waals surface area contributed by atoms with E-state index in [1.54, 1.807) is 26.0 Å². The second kappa shape index (κ2) is 6.41. The van der Waals surface area contributed by atoms with Crippen LogP contribution in [0.25, 0.3) is 0 Å². The number of nitrogens with zero attached hydrogens (tertiary/aromatic N) is 1. The van der Waals surface area contributed by atoms with Crippen molar-refractivity contribution >= 4 is 11.6 Å². The zero-order valence-electron chi connectivity index (χ0n) is 12.7. The third-order valence-electron chi connectivity index (χ3n) is 4.20. The van der Waals surface area contributed by atoms with Gasteiger partial charge in [-0.05, 0) is 19.4 Å². The minimum absolute atomic E-state index is 0.000102. The lowest BCUT2D eigenvalue weighted by Crippen LogP contribution is -2.43. The zero-order valence-corrected chi connectivity index (χ0v) is 12.7. The van der Waals surface area contributed by atoms with Crippen LogP contribution in [0.1, 0.15) is 19.4 Å². The third-order valence-corrected chi connectivity index (χ3v) is 4.20. The van der Waals surface area contributed by atoms with Crippen molar-refractivity contribution in [2.75, 3.05) is 19.6 Å². The van der Waals surface area contributed by atoms with E-state index in [1.807, 2.05) is 0 Å². The maximum Gasteiger partial charge on any atom is 0.269 e. The van der Waals surface area contributed by atoms with Crippen molar-refractivity contribution in [2.24, 2.45) is 5.92 Å². The van der Waals surface area contributed by atoms with Gasteiger partial charge in [-0.3, -0.25) is 14.9 Å². The Morgan fingerprint density at radius 2 is 2.05 bits per heavy atom. The molecule has 1 heterocycles. The van der Waals surface area contributed by atoms with Gasteiger partial charge < -0.3 is 15.7 Å². The number of β-amino-alcohol motifs (C(OH)–C–C–N with tert-alkyl or cyclic N) is 1. The molecule has 1 fully saturated rings. The molecule has 1 aromatic carbocycles. The number of amides is 1. The smallest absolute Gasteiger partial charge is 0.269 e. The maximum atomic E-state index is 12.4. The number of nitro groups is 1. The molecular formula is C15H21N3O4. The van der Waals surface area contributed by atoms with E-state index in [0.717, 1.165) is 0 Å². The number of non-ortho nitro benzene ring substituents is 1. The highest BCUT2D eigenvalue weighted by atomic mass is 16.6. The Morgan fingerprint density at radius 1 is 1.41 bits per heavy atom. The molecule has 7 nitrogen and oxygen atoms in total. The van der Waals surface area contributed by atoms with Gasteiger partial charge in [0, 0.05) is 37.7 Å². The molecule has 0 aromatic heterocycles. The fourth-order valence-corrected chi connectivity index (χ4v) is 2.50. The lowest BCUT2D eigenvalue weighted by Gasteiger charge is -2.25. The van der Waals surface area contributed by atoms with Gasteiger partial charge in [0.1, 0.15) is 0 Å². The van der Waals surface area contributed by atoms with Crippen LogP contribution in [0.3, 0.4) is 0 Å². The number of aliphatic hydroxyl groups excluding tert-OH is 1. The first-order valence-corrected chi connectivity index (χ1v) is 7.24. The Hall–Kier alpha value is -1.99. The lowest BCUT2D eigenvalue weighted by molar-refractivity contribution is -0.384. The maximum absolute atomic E-state index is 12.4. The van der Waals surface area contributed by atoms with Gasteiger partial charge in [-0.25, -0.2) is 0 Å². The molecule has 7 heteroatoms. The average molecular weight is 307 g/mol. The van der Waals surface area contributed by atoms with Gasteiger partial charge in [-0.15, -0.1) is 0 Å². The van der Waals surface area contributed by atoms with Crippen LogP contribution in [0.5, 0.6) is 0 Å². The molecule has 0 saturated carbocycles. The van der Waals surface area contributed by atoms with Crippen LogP contribution < -0.4 is 10.6 Å². The van der Waals surface area contributed by atoms with E-state index < -0.39 is 16.4 Å². The number of nitro benzene ring substituents is 1. The molecule has 0 aliphatic carbocycles. The summed E-state index contributed by atoms with van der Waals surface area (Å²) in [5.74, 6) is -0.155. The number of carbonyl (C=O) groups excluding carboxylic acids is 1. The van der Waals surface area contributed by atoms with E-state index in [2.05, 4.69) is 10.6 Å². The van der Waals surface area contributed by atoms with Gasteiger partial charge in [0.25, 0.3) is 5.69 Å². The molecule has 1 saturated heterocycles. The Morgan fingerprint density at radius 3 is 2.55 bits per heavy atom. The van der Waals surface area contributed by atoms with E-state index >= 15 is 0 Å². The van der Waals surface area contributed by atoms with Crippen LogP contribution in [-0.2, 0) is 10.2 Å². The van der Waals surface area contributed by atoms with Crippen molar-refractivity contribution in [2.45, 2.75) is 25.4 Å². The first-order chi connectivity index (χ1) is 10.3. The molecule has 0 radical (unpaired) electrons. The molecule has 3 N–H and O–H groups in total. The van der Waals surface area contributed by atoms with Crippen molar-refractivity contribution in [1.82, 2.24) is 10.6 Å². The van der Waals surface area contributed by atoms with Gasteiger partial charge in [0.2, 0.25) is 5.91 Å². The van der Waals surface area contributed by atoms with E-state index in [0.29, 0.717) is 25.2 Å². The first kappa shape index (κ1) is 16.4. The van der Waals surface area contributed by atoms with Gasteiger partial charge >= 0.3 is 0 Å². The number of nitrogens with one attached hydrogen (secondary N) is 2. The van der Waals surface area contributed by atoms with E-state index in [4.69, 9.17) is 0 Å². The topological polar surface area (TPSA) is 104 Å². The SMILES string of the molecule is CC(C)(C(=O)NCC1CNCC1O)c1ccc([N+](=O)[O-])cc1. The van der Waals surface area contributed by atoms with Gasteiger partial charge in [-0.2, -0.15) is 0 Å². The average Bonchev–Trinajstić information content (AvgIpc) is 2.90. The fraction of sp³-hybridized carbons (Fsp3) is 0.533. The summed E-state index contributed by atoms with van der Waals surface area (Å²) in [4.78, 5) is 22.6. The normalized spacial score (nSPS) is 21.6. The summed E-state index contributed by atoms with van der Waals surface area (Å²) in [7, 11) is 0. The Labute approximate surface area is 128 Å². The van der Waals surface area contributed by atoms with Crippen molar-refractivity contribution in [3.05, 3.63) is 39.9 Å². The number of hydrogen-bond acceptors (Lipinski definition) is 5. The van der Waals surface area contributed by atoms with Crippen molar-refractivity contribution < 1.29 is 14.8 Å². The minimum Gasteiger partial charge on any atom is -0.391 e. The first-order valence-electron chi connectivity index (χ1n) is 7.24. The molecular weight excluding hydrogens is 286 g/mol. The molecule has 1 aromatic rings. The molecule has 1 aliphatic heterocycles. The number of benzene rings is 1. The second-order valence-electron chi connectivity index (χ2n) is 6.12. The fourth-order valence-electron chi connectivity index (χ4n) is 2.50. The Bertz CT molecular complexity index is 556. The highest BCUT2D eigenvalue weighted by Crippen LogP contribution is 2.25. The molecule has 1 amide bonds. The van der Waals surface area contributed by atoms with Crippen LogP contribution in [0, 0.1) is 16.0 Å². The molecule has 0 bridgehead atoms. The van der Waals surface area contributed by atoms with Crippen LogP contribution in [0.15, 0.2) is 24.3 Å². The van der Waals surface area contributed by atoms with E-state index in [-0.39, 0.29) is 17.5 Å². The third kappa shape index (κ3) is 3.42. The van der Waals surface area contributed by atoms with Crippen LogP contribution in [-0.4, -0.2) is 41.7 Å². The molecule has 120 valence electrons. The predicted octanol–water partition coefficient (Wildman–Crippen LogP) is 0.569. The minimum atomic E-state index is -0.799. The number of rotatable bonds is 5. The van der Waals surface area contributed by atoms with E-state index in [1.165, 1.54) is 12.1 Å². The van der Waals surface area contributed by atoms with Crippen molar-refractivity contribution in [1.29, 1.82) is 0 Å². The summed E-state index contributed by atoms with van der Waals surface area (Å²) in [6.45, 7) is 5.18. The van der Waals surface area contributed by atoms with Crippen molar-refractivity contribution in [3.8, 4) is 0 Å². The summed E-state index contributed by atoms with van der Waals surface area (Å²) in [6.07, 6.45) is -0.442. The molecule has 22 heavy (non-hydrogen) atoms. The summed E-state index contributed by atoms with van der Waals surface area (Å²) in [6, 6.07) is 6.00. The van der Waals surface area contributed by atoms with Gasteiger partial charge in [-0.1, -0.05) is 12.1 Å². The number of carbonyl (C=O) groups is 1. The highest BCUT2D eigenvalue weighted by Gasteiger charge is 2.32. The summed E-state index contributed by atoms with van der Waals surface area (Å²) in [5, 5.41) is 26.3. The predicted molar refractivity (Wildman–Crippen MR) is 81.5 cm³/mol. The number of hydrogen-bond donors (Lipinski definition) is 3. The number of aliphatic hydroxyl groups is 1. The largest absolute Gasteiger partial charge is 0.391 e. The monoisotopic (exact) mass is 307 g/mol. The molecule has 0 spiro atoms. The second-order valence-corrected chi connectivity index (χ2v) is 6.12. The molecule has 1 aliphatic rings. The Kier molecular flexibility index (Phi) is 4.77. The quantitative estimate of drug-likeness (QED) is 0.545. The molecule has 2 atom stereocenters. The highest BCUT2D eigenvalue weighted by molar-refractivity contribution is 5.87. The van der Waals surface area contributed by atoms with Crippen LogP contribution in [0.4, 0.5) is 5.69 Å². The van der Waals surface area contributed by atoms with Crippen LogP contribution >= 0.6 is 0 Å². The van der Waals surface area contributed by atoms with Crippen LogP contribution in [0.2, 0.25) is 0 Å². The van der Waals surface area contributed by atoms with E-state index in [9.17, 15) is 20.0 Å². The Balaban J connectivity index is 2.01.